The normalized spacial score (nSPS) is 14.2. The van der Waals surface area contributed by atoms with Gasteiger partial charge in [0.25, 0.3) is 0 Å². The lowest BCUT2D eigenvalue weighted by Crippen LogP contribution is -2.09. The van der Waals surface area contributed by atoms with Crippen LogP contribution in [0.4, 0.5) is 11.8 Å². The molecule has 2 heterocycles. The third kappa shape index (κ3) is 1.73. The SMILES string of the molecule is Nc1nc(NCCO)nc2sc3c(c12)CCC3. The fourth-order valence-electron chi connectivity index (χ4n) is 2.27. The second-order valence-corrected chi connectivity index (χ2v) is 5.20. The van der Waals surface area contributed by atoms with Gasteiger partial charge in [0.1, 0.15) is 10.6 Å². The molecular formula is C11H14N4OS. The summed E-state index contributed by atoms with van der Waals surface area (Å²) in [5.74, 6) is 1.05. The number of aromatic nitrogens is 2. The summed E-state index contributed by atoms with van der Waals surface area (Å²) < 4.78 is 0. The Morgan fingerprint density at radius 2 is 2.24 bits per heavy atom. The first-order valence-electron chi connectivity index (χ1n) is 5.72. The van der Waals surface area contributed by atoms with Gasteiger partial charge in [-0.05, 0) is 24.8 Å². The van der Waals surface area contributed by atoms with E-state index in [1.165, 1.54) is 16.9 Å². The summed E-state index contributed by atoms with van der Waals surface area (Å²) >= 11 is 1.71. The second kappa shape index (κ2) is 4.12. The van der Waals surface area contributed by atoms with E-state index in [0.29, 0.717) is 18.3 Å². The van der Waals surface area contributed by atoms with Crippen LogP contribution in [0, 0.1) is 0 Å². The van der Waals surface area contributed by atoms with Crippen molar-refractivity contribution in [3.63, 3.8) is 0 Å². The number of nitrogen functional groups attached to an aromatic ring is 1. The molecule has 0 amide bonds. The highest BCUT2D eigenvalue weighted by Crippen LogP contribution is 2.38. The van der Waals surface area contributed by atoms with E-state index >= 15 is 0 Å². The molecule has 6 heteroatoms. The molecule has 0 spiro atoms. The third-order valence-electron chi connectivity index (χ3n) is 2.99. The lowest BCUT2D eigenvalue weighted by molar-refractivity contribution is 0.311. The van der Waals surface area contributed by atoms with Gasteiger partial charge in [0.15, 0.2) is 0 Å². The molecule has 0 aromatic carbocycles. The summed E-state index contributed by atoms with van der Waals surface area (Å²) in [5, 5.41) is 12.7. The van der Waals surface area contributed by atoms with E-state index in [2.05, 4.69) is 15.3 Å². The summed E-state index contributed by atoms with van der Waals surface area (Å²) in [7, 11) is 0. The summed E-state index contributed by atoms with van der Waals surface area (Å²) in [6.45, 7) is 0.498. The summed E-state index contributed by atoms with van der Waals surface area (Å²) in [6.07, 6.45) is 3.43. The molecule has 0 unspecified atom stereocenters. The Labute approximate surface area is 103 Å². The zero-order valence-electron chi connectivity index (χ0n) is 9.36. The predicted molar refractivity (Wildman–Crippen MR) is 69.4 cm³/mol. The van der Waals surface area contributed by atoms with Gasteiger partial charge in [-0.15, -0.1) is 11.3 Å². The van der Waals surface area contributed by atoms with Crippen LogP contribution >= 0.6 is 11.3 Å². The zero-order valence-corrected chi connectivity index (χ0v) is 10.2. The van der Waals surface area contributed by atoms with Crippen LogP contribution in [0.1, 0.15) is 16.9 Å². The summed E-state index contributed by atoms with van der Waals surface area (Å²) in [5.41, 5.74) is 7.34. The van der Waals surface area contributed by atoms with Crippen LogP contribution in [-0.4, -0.2) is 28.2 Å². The number of nitrogens with two attached hydrogens (primary N) is 1. The maximum Gasteiger partial charge on any atom is 0.226 e. The van der Waals surface area contributed by atoms with E-state index in [1.807, 2.05) is 0 Å². The fourth-order valence-corrected chi connectivity index (χ4v) is 3.54. The van der Waals surface area contributed by atoms with E-state index in [4.69, 9.17) is 10.8 Å². The smallest absolute Gasteiger partial charge is 0.226 e. The molecule has 90 valence electrons. The Balaban J connectivity index is 2.08. The van der Waals surface area contributed by atoms with Gasteiger partial charge >= 0.3 is 0 Å². The molecular weight excluding hydrogens is 236 g/mol. The van der Waals surface area contributed by atoms with Crippen molar-refractivity contribution in [1.29, 1.82) is 0 Å². The number of thiophene rings is 1. The number of aliphatic hydroxyl groups excluding tert-OH is 1. The van der Waals surface area contributed by atoms with Crippen LogP contribution in [0.25, 0.3) is 10.2 Å². The predicted octanol–water partition coefficient (Wildman–Crippen LogP) is 1.17. The first kappa shape index (κ1) is 10.7. The summed E-state index contributed by atoms with van der Waals surface area (Å²) in [6, 6.07) is 0. The van der Waals surface area contributed by atoms with Crippen molar-refractivity contribution in [2.75, 3.05) is 24.2 Å². The molecule has 17 heavy (non-hydrogen) atoms. The molecule has 2 aromatic rings. The molecule has 0 aliphatic heterocycles. The van der Waals surface area contributed by atoms with Crippen molar-refractivity contribution in [3.05, 3.63) is 10.4 Å². The van der Waals surface area contributed by atoms with Crippen molar-refractivity contribution in [1.82, 2.24) is 9.97 Å². The molecule has 0 atom stereocenters. The molecule has 0 saturated carbocycles. The molecule has 2 aromatic heterocycles. The molecule has 0 fully saturated rings. The Bertz CT molecular complexity index is 566. The van der Waals surface area contributed by atoms with Gasteiger partial charge in [0.2, 0.25) is 5.95 Å². The van der Waals surface area contributed by atoms with Crippen LogP contribution in [-0.2, 0) is 12.8 Å². The average molecular weight is 250 g/mol. The minimum absolute atomic E-state index is 0.0578. The van der Waals surface area contributed by atoms with Gasteiger partial charge < -0.3 is 16.2 Å². The van der Waals surface area contributed by atoms with E-state index in [-0.39, 0.29) is 6.61 Å². The molecule has 0 saturated heterocycles. The molecule has 4 N–H and O–H groups in total. The second-order valence-electron chi connectivity index (χ2n) is 4.12. The largest absolute Gasteiger partial charge is 0.395 e. The van der Waals surface area contributed by atoms with Crippen LogP contribution in [0.3, 0.4) is 0 Å². The van der Waals surface area contributed by atoms with Crippen LogP contribution in [0.5, 0.6) is 0 Å². The Hall–Kier alpha value is -1.40. The molecule has 3 rings (SSSR count). The number of fused-ring (bicyclic) bond motifs is 3. The third-order valence-corrected chi connectivity index (χ3v) is 4.17. The highest BCUT2D eigenvalue weighted by molar-refractivity contribution is 7.19. The highest BCUT2D eigenvalue weighted by atomic mass is 32.1. The van der Waals surface area contributed by atoms with E-state index in [9.17, 15) is 0 Å². The fraction of sp³-hybridized carbons (Fsp3) is 0.455. The number of hydrogen-bond acceptors (Lipinski definition) is 6. The molecule has 0 radical (unpaired) electrons. The van der Waals surface area contributed by atoms with Crippen LogP contribution in [0.15, 0.2) is 0 Å². The quantitative estimate of drug-likeness (QED) is 0.761. The lowest BCUT2D eigenvalue weighted by Gasteiger charge is -2.04. The van der Waals surface area contributed by atoms with E-state index < -0.39 is 0 Å². The van der Waals surface area contributed by atoms with Crippen LogP contribution in [0.2, 0.25) is 0 Å². The molecule has 5 nitrogen and oxygen atoms in total. The Kier molecular flexibility index (Phi) is 2.60. The average Bonchev–Trinajstić information content (AvgIpc) is 2.85. The molecule has 1 aliphatic rings. The Morgan fingerprint density at radius 1 is 1.35 bits per heavy atom. The number of nitrogens with zero attached hydrogens (tertiary/aromatic N) is 2. The minimum Gasteiger partial charge on any atom is -0.395 e. The van der Waals surface area contributed by atoms with Crippen molar-refractivity contribution in [2.45, 2.75) is 19.3 Å². The number of rotatable bonds is 3. The van der Waals surface area contributed by atoms with Gasteiger partial charge in [0.05, 0.1) is 12.0 Å². The Morgan fingerprint density at radius 3 is 3.06 bits per heavy atom. The first-order chi connectivity index (χ1) is 8.29. The summed E-state index contributed by atoms with van der Waals surface area (Å²) in [4.78, 5) is 11.0. The number of aliphatic hydroxyl groups is 1. The van der Waals surface area contributed by atoms with Crippen molar-refractivity contribution >= 4 is 33.3 Å². The maximum atomic E-state index is 8.76. The molecule has 1 aliphatic carbocycles. The van der Waals surface area contributed by atoms with Gasteiger partial charge in [-0.3, -0.25) is 0 Å². The van der Waals surface area contributed by atoms with E-state index in [0.717, 1.165) is 23.1 Å². The molecule has 0 bridgehead atoms. The first-order valence-corrected chi connectivity index (χ1v) is 6.53. The topological polar surface area (TPSA) is 84.1 Å². The number of hydrogen-bond donors (Lipinski definition) is 3. The van der Waals surface area contributed by atoms with Crippen LogP contribution < -0.4 is 11.1 Å². The van der Waals surface area contributed by atoms with E-state index in [1.54, 1.807) is 11.3 Å². The maximum absolute atomic E-state index is 8.76. The van der Waals surface area contributed by atoms with Gasteiger partial charge in [-0.1, -0.05) is 0 Å². The van der Waals surface area contributed by atoms with Gasteiger partial charge in [-0.2, -0.15) is 4.98 Å². The number of nitrogens with one attached hydrogen (secondary N) is 1. The van der Waals surface area contributed by atoms with Crippen molar-refractivity contribution in [3.8, 4) is 0 Å². The number of aryl methyl sites for hydroxylation is 2. The monoisotopic (exact) mass is 250 g/mol. The zero-order chi connectivity index (χ0) is 11.8. The van der Waals surface area contributed by atoms with Crippen molar-refractivity contribution < 1.29 is 5.11 Å². The minimum atomic E-state index is 0.0578. The lowest BCUT2D eigenvalue weighted by atomic mass is 10.2. The standard InChI is InChI=1S/C11H14N4OS/c12-9-8-6-2-1-3-7(6)17-10(8)15-11(14-9)13-4-5-16/h16H,1-5H2,(H3,12,13,14,15). The van der Waals surface area contributed by atoms with Gasteiger partial charge in [0, 0.05) is 11.4 Å². The number of anilines is 2. The highest BCUT2D eigenvalue weighted by Gasteiger charge is 2.21. The van der Waals surface area contributed by atoms with Crippen molar-refractivity contribution in [2.24, 2.45) is 0 Å². The van der Waals surface area contributed by atoms with Gasteiger partial charge in [-0.25, -0.2) is 4.98 Å².